The van der Waals surface area contributed by atoms with Crippen molar-refractivity contribution < 1.29 is 31.4 Å². The highest BCUT2D eigenvalue weighted by atomic mass is 19.4. The molecule has 0 radical (unpaired) electrons. The van der Waals surface area contributed by atoms with E-state index >= 15 is 0 Å². The van der Waals surface area contributed by atoms with E-state index in [1.54, 1.807) is 11.6 Å². The van der Waals surface area contributed by atoms with Crippen LogP contribution in [-0.2, 0) is 25.9 Å². The van der Waals surface area contributed by atoms with Gasteiger partial charge in [-0.2, -0.15) is 36.7 Å². The molecule has 1 saturated carbocycles. The van der Waals surface area contributed by atoms with E-state index in [-0.39, 0.29) is 53.0 Å². The van der Waals surface area contributed by atoms with Crippen molar-refractivity contribution in [1.29, 1.82) is 5.26 Å². The Balaban J connectivity index is 1.43. The number of nitrogens with zero attached hydrogens (tertiary/aromatic N) is 8. The average Bonchev–Trinajstić information content (AvgIpc) is 3.73. The monoisotopic (exact) mass is 696 g/mol. The number of halogens is 6. The van der Waals surface area contributed by atoms with Gasteiger partial charge in [0.15, 0.2) is 11.6 Å². The summed E-state index contributed by atoms with van der Waals surface area (Å²) in [6.45, 7) is 0.498. The summed E-state index contributed by atoms with van der Waals surface area (Å²) in [7, 11) is 1.65. The minimum atomic E-state index is -4.73. The number of hydrogen-bond donors (Lipinski definition) is 3. The van der Waals surface area contributed by atoms with Gasteiger partial charge in [-0.15, -0.1) is 10.2 Å². The maximum atomic E-state index is 14.1. The van der Waals surface area contributed by atoms with Crippen molar-refractivity contribution in [3.63, 3.8) is 0 Å². The zero-order chi connectivity index (χ0) is 35.6. The molecule has 0 amide bonds. The van der Waals surface area contributed by atoms with Crippen LogP contribution in [0.5, 0.6) is 0 Å². The van der Waals surface area contributed by atoms with Crippen molar-refractivity contribution >= 4 is 5.82 Å². The number of benzene rings is 1. The number of anilines is 1. The lowest BCUT2D eigenvalue weighted by Gasteiger charge is -2.32. The summed E-state index contributed by atoms with van der Waals surface area (Å²) in [5.74, 6) is 0.621. The Morgan fingerprint density at radius 1 is 0.980 bits per heavy atom. The van der Waals surface area contributed by atoms with E-state index < -0.39 is 29.6 Å². The van der Waals surface area contributed by atoms with E-state index in [0.29, 0.717) is 42.9 Å². The van der Waals surface area contributed by atoms with E-state index in [0.717, 1.165) is 18.2 Å². The highest BCUT2D eigenvalue weighted by molar-refractivity contribution is 5.83. The number of alkyl halides is 6. The van der Waals surface area contributed by atoms with Gasteiger partial charge in [0.1, 0.15) is 12.1 Å². The van der Waals surface area contributed by atoms with Crippen molar-refractivity contribution in [1.82, 2.24) is 39.8 Å². The van der Waals surface area contributed by atoms with E-state index in [2.05, 4.69) is 35.9 Å². The summed E-state index contributed by atoms with van der Waals surface area (Å²) in [4.78, 5) is 8.86. The first-order chi connectivity index (χ1) is 23.8. The molecule has 0 saturated heterocycles. The second kappa shape index (κ2) is 13.9. The van der Waals surface area contributed by atoms with Crippen LogP contribution in [0.15, 0.2) is 61.2 Å². The Labute approximate surface area is 281 Å². The zero-order valence-electron chi connectivity index (χ0n) is 26.5. The summed E-state index contributed by atoms with van der Waals surface area (Å²) in [6.07, 6.45) is -4.07. The maximum Gasteiger partial charge on any atom is 0.418 e. The second-order valence-electron chi connectivity index (χ2n) is 11.9. The highest BCUT2D eigenvalue weighted by Gasteiger charge is 2.36. The van der Waals surface area contributed by atoms with Crippen molar-refractivity contribution in [3.05, 3.63) is 78.0 Å². The molecule has 3 N–H and O–H groups in total. The van der Waals surface area contributed by atoms with E-state index in [9.17, 15) is 31.4 Å². The minimum absolute atomic E-state index is 0.0346. The van der Waals surface area contributed by atoms with Crippen LogP contribution in [0.4, 0.5) is 32.2 Å². The Morgan fingerprint density at radius 2 is 1.78 bits per heavy atom. The molecule has 1 aliphatic rings. The standard InChI is InChI=1S/C33H30F6N10O/c1-48-18-43-47-31(48)25-6-4-21(32(34,35)36)12-26(25)19-10-28(41-9-3-2-8-40)46-29(11-19)49-17-20(15-44-49)30-27(33(37,38)39)7-5-22(45-30)16-42-23-13-24(50)14-23/h4-7,10-12,15,17-18,23-24,42,50H,2-3,9,13-14,16H2,1H3,(H,41,46). The number of aromatic nitrogens is 7. The third-order valence-electron chi connectivity index (χ3n) is 8.23. The summed E-state index contributed by atoms with van der Waals surface area (Å²) in [5.41, 5.74) is -1.08. The predicted molar refractivity (Wildman–Crippen MR) is 169 cm³/mol. The molecule has 1 fully saturated rings. The molecule has 0 spiro atoms. The smallest absolute Gasteiger partial charge is 0.393 e. The van der Waals surface area contributed by atoms with Crippen LogP contribution in [0.3, 0.4) is 0 Å². The fourth-order valence-electron chi connectivity index (χ4n) is 5.57. The fraction of sp³-hybridized carbons (Fsp3) is 0.333. The van der Waals surface area contributed by atoms with Gasteiger partial charge >= 0.3 is 12.4 Å². The van der Waals surface area contributed by atoms with Gasteiger partial charge in [0.05, 0.1) is 40.9 Å². The second-order valence-corrected chi connectivity index (χ2v) is 11.9. The fourth-order valence-corrected chi connectivity index (χ4v) is 5.57. The first-order valence-corrected chi connectivity index (χ1v) is 15.5. The first-order valence-electron chi connectivity index (χ1n) is 15.5. The SMILES string of the molecule is Cn1cnnc1-c1ccc(C(F)(F)F)cc1-c1cc(NCCCC#N)nc(-n2cc(-c3nc(CNC4CC(O)C4)ccc3C(F)(F)F)cn2)c1. The lowest BCUT2D eigenvalue weighted by molar-refractivity contribution is -0.138. The third kappa shape index (κ3) is 7.61. The number of unbranched alkanes of at least 4 members (excludes halogenated alkanes) is 1. The molecule has 6 rings (SSSR count). The van der Waals surface area contributed by atoms with Crippen LogP contribution in [-0.4, -0.2) is 58.3 Å². The first kappa shape index (κ1) is 34.5. The lowest BCUT2D eigenvalue weighted by Crippen LogP contribution is -2.43. The quantitative estimate of drug-likeness (QED) is 0.109. The van der Waals surface area contributed by atoms with Gasteiger partial charge in [-0.25, -0.2) is 9.67 Å². The zero-order valence-corrected chi connectivity index (χ0v) is 26.5. The maximum absolute atomic E-state index is 14.1. The van der Waals surface area contributed by atoms with E-state index in [1.807, 2.05) is 6.07 Å². The molecule has 50 heavy (non-hydrogen) atoms. The van der Waals surface area contributed by atoms with Crippen molar-refractivity contribution in [2.45, 2.75) is 56.7 Å². The molecule has 17 heteroatoms. The molecule has 1 aliphatic carbocycles. The Hall–Kier alpha value is -5.34. The molecular formula is C33H30F6N10O. The Morgan fingerprint density at radius 3 is 2.46 bits per heavy atom. The molecule has 0 bridgehead atoms. The largest absolute Gasteiger partial charge is 0.418 e. The van der Waals surface area contributed by atoms with E-state index in [1.165, 1.54) is 47.7 Å². The van der Waals surface area contributed by atoms with E-state index in [4.69, 9.17) is 5.26 Å². The highest BCUT2D eigenvalue weighted by Crippen LogP contribution is 2.39. The van der Waals surface area contributed by atoms with Crippen LogP contribution in [0.1, 0.15) is 42.5 Å². The van der Waals surface area contributed by atoms with Gasteiger partial charge in [-0.3, -0.25) is 4.98 Å². The number of hydrogen-bond acceptors (Lipinski definition) is 9. The molecule has 4 aromatic heterocycles. The molecule has 11 nitrogen and oxygen atoms in total. The summed E-state index contributed by atoms with van der Waals surface area (Å²) < 4.78 is 87.0. The molecule has 260 valence electrons. The van der Waals surface area contributed by atoms with Gasteiger partial charge in [-0.05, 0) is 72.9 Å². The predicted octanol–water partition coefficient (Wildman–Crippen LogP) is 6.16. The number of rotatable bonds is 11. The number of aliphatic hydroxyl groups is 1. The average molecular weight is 697 g/mol. The van der Waals surface area contributed by atoms with Gasteiger partial charge in [0, 0.05) is 49.9 Å². The Kier molecular flexibility index (Phi) is 9.58. The number of nitrogens with one attached hydrogen (secondary N) is 2. The summed E-state index contributed by atoms with van der Waals surface area (Å²) in [5, 5.41) is 37.0. The van der Waals surface area contributed by atoms with Crippen molar-refractivity contribution in [2.75, 3.05) is 11.9 Å². The van der Waals surface area contributed by atoms with Gasteiger partial charge < -0.3 is 20.3 Å². The third-order valence-corrected chi connectivity index (χ3v) is 8.23. The van der Waals surface area contributed by atoms with Crippen LogP contribution >= 0.6 is 0 Å². The number of nitriles is 1. The molecule has 0 atom stereocenters. The molecule has 0 aliphatic heterocycles. The topological polar surface area (TPSA) is 142 Å². The molecule has 4 heterocycles. The normalized spacial score (nSPS) is 16.2. The molecule has 5 aromatic rings. The van der Waals surface area contributed by atoms with Crippen LogP contribution in [0, 0.1) is 11.3 Å². The number of aliphatic hydroxyl groups excluding tert-OH is 1. The van der Waals surface area contributed by atoms with Crippen LogP contribution in [0.2, 0.25) is 0 Å². The number of pyridine rings is 2. The lowest BCUT2D eigenvalue weighted by atomic mass is 9.89. The van der Waals surface area contributed by atoms with Crippen molar-refractivity contribution in [2.24, 2.45) is 7.05 Å². The van der Waals surface area contributed by atoms with Gasteiger partial charge in [0.2, 0.25) is 0 Å². The summed E-state index contributed by atoms with van der Waals surface area (Å²) >= 11 is 0. The summed E-state index contributed by atoms with van der Waals surface area (Å²) in [6, 6.07) is 10.6. The van der Waals surface area contributed by atoms with Gasteiger partial charge in [-0.1, -0.05) is 0 Å². The molecular weight excluding hydrogens is 666 g/mol. The number of aryl methyl sites for hydroxylation is 1. The molecule has 1 aromatic carbocycles. The minimum Gasteiger partial charge on any atom is -0.393 e. The van der Waals surface area contributed by atoms with Crippen LogP contribution < -0.4 is 10.6 Å². The Bertz CT molecular complexity index is 2020. The van der Waals surface area contributed by atoms with Crippen molar-refractivity contribution in [3.8, 4) is 45.7 Å². The van der Waals surface area contributed by atoms with Gasteiger partial charge in [0.25, 0.3) is 0 Å². The molecule has 0 unspecified atom stereocenters. The van der Waals surface area contributed by atoms with Crippen LogP contribution in [0.25, 0.3) is 39.6 Å².